The maximum atomic E-state index is 12.1. The van der Waals surface area contributed by atoms with Gasteiger partial charge >= 0.3 is 6.61 Å². The highest BCUT2D eigenvalue weighted by atomic mass is 19.3. The number of aryl methyl sites for hydroxylation is 1. The molecule has 146 valence electrons. The number of carbonyl (C=O) groups is 1. The number of halogens is 2. The van der Waals surface area contributed by atoms with Gasteiger partial charge in [0.05, 0.1) is 0 Å². The zero-order valence-electron chi connectivity index (χ0n) is 16.1. The number of ether oxygens (including phenoxy) is 1. The average Bonchev–Trinajstić information content (AvgIpc) is 2.60. The number of benzene rings is 2. The Morgan fingerprint density at radius 3 is 2.07 bits per heavy atom. The molecule has 0 aliphatic rings. The van der Waals surface area contributed by atoms with Gasteiger partial charge in [-0.05, 0) is 47.1 Å². The Morgan fingerprint density at radius 2 is 1.52 bits per heavy atom. The molecular formula is C22H27F2NO2. The predicted molar refractivity (Wildman–Crippen MR) is 103 cm³/mol. The summed E-state index contributed by atoms with van der Waals surface area (Å²) in [6.07, 6.45) is 1.78. The van der Waals surface area contributed by atoms with Gasteiger partial charge in [0.1, 0.15) is 5.75 Å². The van der Waals surface area contributed by atoms with E-state index in [1.807, 2.05) is 0 Å². The van der Waals surface area contributed by atoms with Gasteiger partial charge in [-0.25, -0.2) is 0 Å². The first-order chi connectivity index (χ1) is 12.7. The lowest BCUT2D eigenvalue weighted by atomic mass is 9.86. The molecule has 0 aliphatic carbocycles. The van der Waals surface area contributed by atoms with Crippen LogP contribution in [0.3, 0.4) is 0 Å². The molecule has 0 fully saturated rings. The molecule has 0 bridgehead atoms. The SMILES string of the molecule is CC(C)(C)c1ccc(CCC(=O)NCCc2ccc(OC(F)F)cc2)cc1. The Morgan fingerprint density at radius 1 is 0.963 bits per heavy atom. The van der Waals surface area contributed by atoms with E-state index in [0.29, 0.717) is 25.8 Å². The lowest BCUT2D eigenvalue weighted by Gasteiger charge is -2.19. The Balaban J connectivity index is 1.70. The molecule has 0 saturated heterocycles. The number of alkyl halides is 2. The maximum absolute atomic E-state index is 12.1. The van der Waals surface area contributed by atoms with Gasteiger partial charge < -0.3 is 10.1 Å². The van der Waals surface area contributed by atoms with Gasteiger partial charge in [-0.15, -0.1) is 0 Å². The van der Waals surface area contributed by atoms with Crippen LogP contribution in [0.5, 0.6) is 5.75 Å². The number of amides is 1. The molecule has 0 radical (unpaired) electrons. The molecule has 0 unspecified atom stereocenters. The van der Waals surface area contributed by atoms with Gasteiger partial charge in [0, 0.05) is 13.0 Å². The Bertz CT molecular complexity index is 719. The van der Waals surface area contributed by atoms with E-state index in [-0.39, 0.29) is 17.1 Å². The van der Waals surface area contributed by atoms with Crippen LogP contribution < -0.4 is 10.1 Å². The van der Waals surface area contributed by atoms with E-state index in [4.69, 9.17) is 0 Å². The molecule has 0 aliphatic heterocycles. The van der Waals surface area contributed by atoms with E-state index in [1.165, 1.54) is 17.7 Å². The van der Waals surface area contributed by atoms with Gasteiger partial charge in [0.25, 0.3) is 0 Å². The Hall–Kier alpha value is -2.43. The molecule has 0 aromatic heterocycles. The van der Waals surface area contributed by atoms with Crippen LogP contribution in [0.1, 0.15) is 43.9 Å². The van der Waals surface area contributed by atoms with Gasteiger partial charge in [-0.2, -0.15) is 8.78 Å². The maximum Gasteiger partial charge on any atom is 0.387 e. The monoisotopic (exact) mass is 375 g/mol. The molecule has 0 spiro atoms. The van der Waals surface area contributed by atoms with Gasteiger partial charge in [-0.1, -0.05) is 57.2 Å². The van der Waals surface area contributed by atoms with E-state index in [9.17, 15) is 13.6 Å². The van der Waals surface area contributed by atoms with Crippen molar-refractivity contribution in [3.05, 3.63) is 65.2 Å². The molecule has 0 heterocycles. The standard InChI is InChI=1S/C22H27F2NO2/c1-22(2,3)18-9-4-16(5-10-18)8-13-20(26)25-15-14-17-6-11-19(12-7-17)27-21(23)24/h4-7,9-12,21H,8,13-15H2,1-3H3,(H,25,26). The third-order valence-corrected chi connectivity index (χ3v) is 4.35. The first kappa shape index (κ1) is 20.9. The molecule has 2 aromatic rings. The first-order valence-corrected chi connectivity index (χ1v) is 9.14. The molecule has 27 heavy (non-hydrogen) atoms. The van der Waals surface area contributed by atoms with Gasteiger partial charge in [0.2, 0.25) is 5.91 Å². The second-order valence-corrected chi connectivity index (χ2v) is 7.57. The molecule has 1 amide bonds. The van der Waals surface area contributed by atoms with Crippen molar-refractivity contribution in [2.75, 3.05) is 6.54 Å². The number of nitrogens with one attached hydrogen (secondary N) is 1. The molecule has 3 nitrogen and oxygen atoms in total. The lowest BCUT2D eigenvalue weighted by molar-refractivity contribution is -0.121. The minimum atomic E-state index is -2.82. The quantitative estimate of drug-likeness (QED) is 0.714. The highest BCUT2D eigenvalue weighted by molar-refractivity contribution is 5.76. The summed E-state index contributed by atoms with van der Waals surface area (Å²) in [5, 5.41) is 2.89. The number of hydrogen-bond donors (Lipinski definition) is 1. The molecule has 1 N–H and O–H groups in total. The van der Waals surface area contributed by atoms with Crippen LogP contribution in [0.15, 0.2) is 48.5 Å². The van der Waals surface area contributed by atoms with Crippen molar-refractivity contribution in [2.24, 2.45) is 0 Å². The number of hydrogen-bond acceptors (Lipinski definition) is 2. The largest absolute Gasteiger partial charge is 0.435 e. The summed E-state index contributed by atoms with van der Waals surface area (Å²) < 4.78 is 28.5. The lowest BCUT2D eigenvalue weighted by Crippen LogP contribution is -2.25. The van der Waals surface area contributed by atoms with E-state index in [2.05, 4.69) is 55.1 Å². The van der Waals surface area contributed by atoms with Gasteiger partial charge in [0.15, 0.2) is 0 Å². The topological polar surface area (TPSA) is 38.3 Å². The van der Waals surface area contributed by atoms with E-state index < -0.39 is 6.61 Å². The summed E-state index contributed by atoms with van der Waals surface area (Å²) in [6, 6.07) is 14.9. The van der Waals surface area contributed by atoms with Crippen molar-refractivity contribution in [1.29, 1.82) is 0 Å². The van der Waals surface area contributed by atoms with E-state index in [1.54, 1.807) is 12.1 Å². The van der Waals surface area contributed by atoms with Crippen LogP contribution in [-0.4, -0.2) is 19.1 Å². The van der Waals surface area contributed by atoms with E-state index in [0.717, 1.165) is 11.1 Å². The third-order valence-electron chi connectivity index (χ3n) is 4.35. The normalized spacial score (nSPS) is 11.5. The summed E-state index contributed by atoms with van der Waals surface area (Å²) in [7, 11) is 0. The fraction of sp³-hybridized carbons (Fsp3) is 0.409. The van der Waals surface area contributed by atoms with Crippen molar-refractivity contribution in [1.82, 2.24) is 5.32 Å². The second-order valence-electron chi connectivity index (χ2n) is 7.57. The van der Waals surface area contributed by atoms with Crippen molar-refractivity contribution >= 4 is 5.91 Å². The van der Waals surface area contributed by atoms with Gasteiger partial charge in [-0.3, -0.25) is 4.79 Å². The highest BCUT2D eigenvalue weighted by Crippen LogP contribution is 2.22. The summed E-state index contributed by atoms with van der Waals surface area (Å²) in [5.41, 5.74) is 3.50. The van der Waals surface area contributed by atoms with Crippen LogP contribution >= 0.6 is 0 Å². The van der Waals surface area contributed by atoms with Crippen LogP contribution in [0.4, 0.5) is 8.78 Å². The molecule has 2 rings (SSSR count). The number of rotatable bonds is 8. The van der Waals surface area contributed by atoms with Crippen LogP contribution in [0, 0.1) is 0 Å². The van der Waals surface area contributed by atoms with Crippen molar-refractivity contribution in [3.8, 4) is 5.75 Å². The summed E-state index contributed by atoms with van der Waals surface area (Å²) in [6.45, 7) is 4.22. The second kappa shape index (κ2) is 9.49. The Kier molecular flexibility index (Phi) is 7.34. The molecule has 0 saturated carbocycles. The smallest absolute Gasteiger partial charge is 0.387 e. The molecule has 0 atom stereocenters. The van der Waals surface area contributed by atoms with Crippen molar-refractivity contribution < 1.29 is 18.3 Å². The zero-order chi connectivity index (χ0) is 19.9. The molecule has 5 heteroatoms. The molecular weight excluding hydrogens is 348 g/mol. The number of carbonyl (C=O) groups excluding carboxylic acids is 1. The molecule has 2 aromatic carbocycles. The van der Waals surface area contributed by atoms with Crippen LogP contribution in [0.25, 0.3) is 0 Å². The minimum absolute atomic E-state index is 0.00699. The fourth-order valence-corrected chi connectivity index (χ4v) is 2.70. The predicted octanol–water partition coefficient (Wildman–Crippen LogP) is 4.88. The van der Waals surface area contributed by atoms with E-state index >= 15 is 0 Å². The van der Waals surface area contributed by atoms with Crippen LogP contribution in [-0.2, 0) is 23.1 Å². The third kappa shape index (κ3) is 7.37. The summed E-state index contributed by atoms with van der Waals surface area (Å²) >= 11 is 0. The zero-order valence-corrected chi connectivity index (χ0v) is 16.1. The van der Waals surface area contributed by atoms with Crippen molar-refractivity contribution in [3.63, 3.8) is 0 Å². The highest BCUT2D eigenvalue weighted by Gasteiger charge is 2.13. The average molecular weight is 375 g/mol. The minimum Gasteiger partial charge on any atom is -0.435 e. The van der Waals surface area contributed by atoms with Crippen molar-refractivity contribution in [2.45, 2.75) is 52.1 Å². The Labute approximate surface area is 159 Å². The summed E-state index contributed by atoms with van der Waals surface area (Å²) in [4.78, 5) is 12.0. The van der Waals surface area contributed by atoms with Crippen LogP contribution in [0.2, 0.25) is 0 Å². The fourth-order valence-electron chi connectivity index (χ4n) is 2.70. The summed E-state index contributed by atoms with van der Waals surface area (Å²) in [5.74, 6) is 0.141. The first-order valence-electron chi connectivity index (χ1n) is 9.14.